The van der Waals surface area contributed by atoms with Crippen molar-refractivity contribution in [2.45, 2.75) is 17.6 Å². The molecule has 0 bridgehead atoms. The highest BCUT2D eigenvalue weighted by molar-refractivity contribution is 7.91. The second-order valence-corrected chi connectivity index (χ2v) is 8.35. The van der Waals surface area contributed by atoms with E-state index >= 15 is 0 Å². The van der Waals surface area contributed by atoms with Gasteiger partial charge in [-0.2, -0.15) is 4.31 Å². The molecule has 0 radical (unpaired) electrons. The summed E-state index contributed by atoms with van der Waals surface area (Å²) < 4.78 is 31.7. The normalized spacial score (nSPS) is 11.8. The summed E-state index contributed by atoms with van der Waals surface area (Å²) in [7, 11) is -0.132. The van der Waals surface area contributed by atoms with Gasteiger partial charge in [0.2, 0.25) is 0 Å². The Kier molecular flexibility index (Phi) is 5.03. The lowest BCUT2D eigenvalue weighted by molar-refractivity contribution is 0.414. The van der Waals surface area contributed by atoms with Gasteiger partial charge in [-0.05, 0) is 43.2 Å². The highest BCUT2D eigenvalue weighted by atomic mass is 32.2. The SMILES string of the molecule is COc1ccc(CCN(C)S(=O)(=O)c2ccc(C)s2)cc1. The van der Waals surface area contributed by atoms with E-state index in [0.29, 0.717) is 17.2 Å². The molecule has 0 N–H and O–H groups in total. The number of hydrogen-bond acceptors (Lipinski definition) is 4. The van der Waals surface area contributed by atoms with Crippen LogP contribution in [0.25, 0.3) is 0 Å². The van der Waals surface area contributed by atoms with E-state index in [4.69, 9.17) is 4.74 Å². The van der Waals surface area contributed by atoms with E-state index in [1.54, 1.807) is 20.2 Å². The number of benzene rings is 1. The van der Waals surface area contributed by atoms with E-state index in [2.05, 4.69) is 0 Å². The van der Waals surface area contributed by atoms with Gasteiger partial charge in [-0.1, -0.05) is 12.1 Å². The van der Waals surface area contributed by atoms with Crippen molar-refractivity contribution in [2.75, 3.05) is 20.7 Å². The van der Waals surface area contributed by atoms with E-state index in [9.17, 15) is 8.42 Å². The number of ether oxygens (including phenoxy) is 1. The number of likely N-dealkylation sites (N-methyl/N-ethyl adjacent to an activating group) is 1. The third-order valence-electron chi connectivity index (χ3n) is 3.25. The van der Waals surface area contributed by atoms with Crippen LogP contribution in [0.4, 0.5) is 0 Å². The second kappa shape index (κ2) is 6.60. The summed E-state index contributed by atoms with van der Waals surface area (Å²) in [6.07, 6.45) is 0.671. The maximum atomic E-state index is 12.4. The van der Waals surface area contributed by atoms with E-state index in [1.807, 2.05) is 37.3 Å². The molecule has 0 atom stereocenters. The molecule has 1 heterocycles. The summed E-state index contributed by atoms with van der Waals surface area (Å²) in [6, 6.07) is 11.2. The largest absolute Gasteiger partial charge is 0.497 e. The molecule has 0 aliphatic carbocycles. The molecule has 0 saturated carbocycles. The smallest absolute Gasteiger partial charge is 0.252 e. The lowest BCUT2D eigenvalue weighted by Crippen LogP contribution is -2.28. The molecule has 0 amide bonds. The monoisotopic (exact) mass is 325 g/mol. The Balaban J connectivity index is 2.02. The van der Waals surface area contributed by atoms with Crippen molar-refractivity contribution in [1.29, 1.82) is 0 Å². The standard InChI is InChI=1S/C15H19NO3S2/c1-12-4-9-15(20-12)21(17,18)16(2)11-10-13-5-7-14(19-3)8-6-13/h4-9H,10-11H2,1-3H3. The molecule has 0 unspecified atom stereocenters. The molecule has 1 aromatic carbocycles. The Morgan fingerprint density at radius 3 is 2.33 bits per heavy atom. The van der Waals surface area contributed by atoms with Gasteiger partial charge in [0, 0.05) is 18.5 Å². The first-order chi connectivity index (χ1) is 9.93. The van der Waals surface area contributed by atoms with Crippen LogP contribution < -0.4 is 4.74 Å². The zero-order chi connectivity index (χ0) is 15.5. The molecule has 0 fully saturated rings. The van der Waals surface area contributed by atoms with Crippen molar-refractivity contribution in [3.8, 4) is 5.75 Å². The van der Waals surface area contributed by atoms with E-state index in [0.717, 1.165) is 16.2 Å². The van der Waals surface area contributed by atoms with Crippen molar-refractivity contribution in [1.82, 2.24) is 4.31 Å². The predicted molar refractivity (Wildman–Crippen MR) is 85.6 cm³/mol. The summed E-state index contributed by atoms with van der Waals surface area (Å²) in [6.45, 7) is 2.35. The van der Waals surface area contributed by atoms with Crippen molar-refractivity contribution < 1.29 is 13.2 Å². The second-order valence-electron chi connectivity index (χ2n) is 4.79. The summed E-state index contributed by atoms with van der Waals surface area (Å²) in [5.41, 5.74) is 1.08. The Morgan fingerprint density at radius 1 is 1.14 bits per heavy atom. The van der Waals surface area contributed by atoms with E-state index in [-0.39, 0.29) is 0 Å². The zero-order valence-electron chi connectivity index (χ0n) is 12.4. The third kappa shape index (κ3) is 3.84. The predicted octanol–water partition coefficient (Wildman–Crippen LogP) is 2.93. The summed E-state index contributed by atoms with van der Waals surface area (Å²) in [5.74, 6) is 0.800. The molecule has 4 nitrogen and oxygen atoms in total. The number of hydrogen-bond donors (Lipinski definition) is 0. The Hall–Kier alpha value is -1.37. The molecular weight excluding hydrogens is 306 g/mol. The number of aryl methyl sites for hydroxylation is 1. The van der Waals surface area contributed by atoms with Crippen LogP contribution in [-0.2, 0) is 16.4 Å². The summed E-state index contributed by atoms with van der Waals surface area (Å²) in [5, 5.41) is 0. The van der Waals surface area contributed by atoms with Gasteiger partial charge in [0.15, 0.2) is 0 Å². The van der Waals surface area contributed by atoms with Crippen molar-refractivity contribution in [2.24, 2.45) is 0 Å². The fraction of sp³-hybridized carbons (Fsp3) is 0.333. The molecule has 2 rings (SSSR count). The van der Waals surface area contributed by atoms with Crippen LogP contribution in [0.5, 0.6) is 5.75 Å². The number of thiophene rings is 1. The van der Waals surface area contributed by atoms with Crippen LogP contribution >= 0.6 is 11.3 Å². The van der Waals surface area contributed by atoms with Crippen LogP contribution in [-0.4, -0.2) is 33.4 Å². The molecule has 2 aromatic rings. The minimum Gasteiger partial charge on any atom is -0.497 e. The fourth-order valence-corrected chi connectivity index (χ4v) is 4.57. The molecule has 1 aromatic heterocycles. The van der Waals surface area contributed by atoms with Crippen LogP contribution in [0.2, 0.25) is 0 Å². The average molecular weight is 325 g/mol. The summed E-state index contributed by atoms with van der Waals surface area (Å²) >= 11 is 1.30. The third-order valence-corrected chi connectivity index (χ3v) is 6.58. The van der Waals surface area contributed by atoms with Crippen molar-refractivity contribution in [3.05, 3.63) is 46.8 Å². The number of sulfonamides is 1. The molecule has 114 valence electrons. The van der Waals surface area contributed by atoms with E-state index < -0.39 is 10.0 Å². The minimum absolute atomic E-state index is 0.400. The molecule has 6 heteroatoms. The van der Waals surface area contributed by atoms with Crippen LogP contribution in [0.3, 0.4) is 0 Å². The topological polar surface area (TPSA) is 46.6 Å². The Bertz CT molecular complexity index is 690. The van der Waals surface area contributed by atoms with Gasteiger partial charge in [-0.15, -0.1) is 11.3 Å². The van der Waals surface area contributed by atoms with Gasteiger partial charge in [0.1, 0.15) is 9.96 Å². The lowest BCUT2D eigenvalue weighted by Gasteiger charge is -2.16. The van der Waals surface area contributed by atoms with Gasteiger partial charge in [-0.25, -0.2) is 8.42 Å². The maximum Gasteiger partial charge on any atom is 0.252 e. The van der Waals surface area contributed by atoms with Crippen LogP contribution in [0.1, 0.15) is 10.4 Å². The van der Waals surface area contributed by atoms with Crippen molar-refractivity contribution in [3.63, 3.8) is 0 Å². The number of methoxy groups -OCH3 is 1. The Labute approximate surface area is 130 Å². The number of nitrogens with zero attached hydrogens (tertiary/aromatic N) is 1. The highest BCUT2D eigenvalue weighted by Gasteiger charge is 2.21. The first-order valence-electron chi connectivity index (χ1n) is 6.59. The average Bonchev–Trinajstić information content (AvgIpc) is 2.92. The van der Waals surface area contributed by atoms with Crippen LogP contribution in [0.15, 0.2) is 40.6 Å². The van der Waals surface area contributed by atoms with Crippen molar-refractivity contribution >= 4 is 21.4 Å². The number of rotatable bonds is 6. The molecule has 0 saturated heterocycles. The molecular formula is C15H19NO3S2. The van der Waals surface area contributed by atoms with Gasteiger partial charge in [0.05, 0.1) is 7.11 Å². The highest BCUT2D eigenvalue weighted by Crippen LogP contribution is 2.23. The zero-order valence-corrected chi connectivity index (χ0v) is 14.0. The first kappa shape index (κ1) is 16.0. The van der Waals surface area contributed by atoms with Gasteiger partial charge in [0.25, 0.3) is 10.0 Å². The fourth-order valence-electron chi connectivity index (χ4n) is 1.90. The molecule has 0 aliphatic heterocycles. The lowest BCUT2D eigenvalue weighted by atomic mass is 10.1. The van der Waals surface area contributed by atoms with E-state index in [1.165, 1.54) is 15.6 Å². The first-order valence-corrected chi connectivity index (χ1v) is 8.85. The molecule has 0 aliphatic rings. The van der Waals surface area contributed by atoms with Gasteiger partial charge in [-0.3, -0.25) is 0 Å². The minimum atomic E-state index is -3.37. The van der Waals surface area contributed by atoms with Gasteiger partial charge >= 0.3 is 0 Å². The maximum absolute atomic E-state index is 12.4. The Morgan fingerprint density at radius 2 is 1.81 bits per heavy atom. The molecule has 0 spiro atoms. The van der Waals surface area contributed by atoms with Gasteiger partial charge < -0.3 is 4.74 Å². The quantitative estimate of drug-likeness (QED) is 0.820. The van der Waals surface area contributed by atoms with Crippen LogP contribution in [0, 0.1) is 6.92 Å². The molecule has 21 heavy (non-hydrogen) atoms. The summed E-state index contributed by atoms with van der Waals surface area (Å²) in [4.78, 5) is 0.997.